The van der Waals surface area contributed by atoms with Crippen molar-refractivity contribution in [3.8, 4) is 5.88 Å². The van der Waals surface area contributed by atoms with E-state index in [-0.39, 0.29) is 11.8 Å². The quantitative estimate of drug-likeness (QED) is 0.189. The van der Waals surface area contributed by atoms with Crippen molar-refractivity contribution in [2.45, 2.75) is 13.3 Å². The van der Waals surface area contributed by atoms with E-state index in [0.29, 0.717) is 45.5 Å². The molecule has 0 saturated heterocycles. The Bertz CT molecular complexity index is 1790. The lowest BCUT2D eigenvalue weighted by Gasteiger charge is -2.22. The molecule has 2 heterocycles. The molecule has 0 saturated carbocycles. The van der Waals surface area contributed by atoms with Crippen LogP contribution in [0.15, 0.2) is 78.0 Å². The molecule has 2 N–H and O–H groups in total. The molecule has 0 aliphatic rings. The average Bonchev–Trinajstić information content (AvgIpc) is 3.32. The Morgan fingerprint density at radius 3 is 2.33 bits per heavy atom. The van der Waals surface area contributed by atoms with Crippen LogP contribution in [0.5, 0.6) is 5.88 Å². The van der Waals surface area contributed by atoms with Gasteiger partial charge in [0.25, 0.3) is 0 Å². The molecule has 10 heteroatoms. The zero-order chi connectivity index (χ0) is 29.8. The minimum Gasteiger partial charge on any atom is -0.494 e. The highest BCUT2D eigenvalue weighted by molar-refractivity contribution is 6.22. The molecule has 5 rings (SSSR count). The fourth-order valence-corrected chi connectivity index (χ4v) is 4.89. The lowest BCUT2D eigenvalue weighted by molar-refractivity contribution is -0.116. The number of aromatic nitrogens is 3. The minimum absolute atomic E-state index is 0.0296. The SMILES string of the molecule is COC(=O)c1ccc2c(C(=Nc3ccc(N(CCCN(C)C)C(C)=O)cc3)c3ccc4nccnc4c3)c(O)[nH]c2c1. The molecule has 10 nitrogen and oxygen atoms in total. The second-order valence-electron chi connectivity index (χ2n) is 10.2. The van der Waals surface area contributed by atoms with Crippen LogP contribution in [0, 0.1) is 0 Å². The van der Waals surface area contributed by atoms with Gasteiger partial charge in [-0.05, 0) is 75.6 Å². The first kappa shape index (κ1) is 28.4. The standard InChI is InChI=1S/C32H32N6O4/c1-20(39)38(17-5-16-37(2)3)24-10-8-23(9-11-24)35-30(21-7-13-26-28(18-21)34-15-14-33-26)29-25-12-6-22(32(41)42-4)19-27(25)36-31(29)40/h6-15,18-19,36,40H,5,16-17H2,1-4H3. The van der Waals surface area contributed by atoms with Crippen LogP contribution < -0.4 is 4.90 Å². The number of carbonyl (C=O) groups excluding carboxylic acids is 2. The van der Waals surface area contributed by atoms with Crippen LogP contribution in [0.4, 0.5) is 11.4 Å². The van der Waals surface area contributed by atoms with Gasteiger partial charge in [0.1, 0.15) is 0 Å². The summed E-state index contributed by atoms with van der Waals surface area (Å²) in [7, 11) is 5.34. The van der Waals surface area contributed by atoms with Gasteiger partial charge < -0.3 is 24.6 Å². The van der Waals surface area contributed by atoms with Crippen molar-refractivity contribution in [1.29, 1.82) is 0 Å². The van der Waals surface area contributed by atoms with E-state index in [1.807, 2.05) is 56.6 Å². The molecule has 2 aromatic heterocycles. The smallest absolute Gasteiger partial charge is 0.337 e. The number of benzene rings is 3. The number of ether oxygens (including phenoxy) is 1. The Hall–Kier alpha value is -5.09. The molecule has 5 aromatic rings. The highest BCUT2D eigenvalue weighted by Gasteiger charge is 2.21. The number of fused-ring (bicyclic) bond motifs is 2. The van der Waals surface area contributed by atoms with Crippen molar-refractivity contribution >= 4 is 50.9 Å². The fraction of sp³-hybridized carbons (Fsp3) is 0.219. The molecule has 0 atom stereocenters. The van der Waals surface area contributed by atoms with E-state index in [0.717, 1.165) is 29.7 Å². The van der Waals surface area contributed by atoms with Crippen LogP contribution in [0.3, 0.4) is 0 Å². The van der Waals surface area contributed by atoms with Crippen LogP contribution in [0.1, 0.15) is 34.8 Å². The maximum Gasteiger partial charge on any atom is 0.337 e. The summed E-state index contributed by atoms with van der Waals surface area (Å²) in [4.78, 5) is 45.1. The zero-order valence-electron chi connectivity index (χ0n) is 24.0. The number of carbonyl (C=O) groups is 2. The predicted molar refractivity (Wildman–Crippen MR) is 164 cm³/mol. The Kier molecular flexibility index (Phi) is 8.26. The number of esters is 1. The van der Waals surface area contributed by atoms with E-state index in [2.05, 4.69) is 19.9 Å². The Balaban J connectivity index is 1.60. The van der Waals surface area contributed by atoms with Crippen LogP contribution in [-0.4, -0.2) is 76.8 Å². The molecule has 0 unspecified atom stereocenters. The molecule has 0 bridgehead atoms. The second kappa shape index (κ2) is 12.2. The Morgan fingerprint density at radius 2 is 1.64 bits per heavy atom. The van der Waals surface area contributed by atoms with E-state index in [1.54, 1.807) is 42.4 Å². The predicted octanol–water partition coefficient (Wildman–Crippen LogP) is 5.08. The number of nitrogens with one attached hydrogen (secondary N) is 1. The summed E-state index contributed by atoms with van der Waals surface area (Å²) in [6, 6.07) is 18.1. The number of aromatic hydroxyl groups is 1. The van der Waals surface area contributed by atoms with Gasteiger partial charge in [0, 0.05) is 48.0 Å². The third kappa shape index (κ3) is 5.98. The third-order valence-corrected chi connectivity index (χ3v) is 6.95. The van der Waals surface area contributed by atoms with Gasteiger partial charge in [-0.15, -0.1) is 0 Å². The third-order valence-electron chi connectivity index (χ3n) is 6.95. The van der Waals surface area contributed by atoms with Crippen LogP contribution in [-0.2, 0) is 9.53 Å². The zero-order valence-corrected chi connectivity index (χ0v) is 24.0. The molecule has 3 aromatic carbocycles. The van der Waals surface area contributed by atoms with Crippen molar-refractivity contribution in [2.75, 3.05) is 39.2 Å². The fourth-order valence-electron chi connectivity index (χ4n) is 4.89. The monoisotopic (exact) mass is 564 g/mol. The number of aliphatic imine (C=N–C) groups is 1. The van der Waals surface area contributed by atoms with Gasteiger partial charge in [-0.1, -0.05) is 12.1 Å². The topological polar surface area (TPSA) is 124 Å². The van der Waals surface area contributed by atoms with Gasteiger partial charge in [-0.2, -0.15) is 0 Å². The van der Waals surface area contributed by atoms with E-state index >= 15 is 0 Å². The first-order chi connectivity index (χ1) is 20.2. The molecule has 0 radical (unpaired) electrons. The van der Waals surface area contributed by atoms with Crippen molar-refractivity contribution in [3.63, 3.8) is 0 Å². The average molecular weight is 565 g/mol. The van der Waals surface area contributed by atoms with Gasteiger partial charge in [0.05, 0.1) is 40.7 Å². The van der Waals surface area contributed by atoms with E-state index < -0.39 is 5.97 Å². The van der Waals surface area contributed by atoms with E-state index in [1.165, 1.54) is 7.11 Å². The molecular weight excluding hydrogens is 532 g/mol. The van der Waals surface area contributed by atoms with Gasteiger partial charge in [0.15, 0.2) is 5.88 Å². The Morgan fingerprint density at radius 1 is 0.929 bits per heavy atom. The number of H-pyrrole nitrogens is 1. The van der Waals surface area contributed by atoms with Crippen LogP contribution in [0.25, 0.3) is 21.9 Å². The number of amides is 1. The number of anilines is 1. The summed E-state index contributed by atoms with van der Waals surface area (Å²) < 4.78 is 4.85. The first-order valence-electron chi connectivity index (χ1n) is 13.5. The first-order valence-corrected chi connectivity index (χ1v) is 13.5. The summed E-state index contributed by atoms with van der Waals surface area (Å²) in [6.07, 6.45) is 4.10. The molecule has 0 spiro atoms. The second-order valence-corrected chi connectivity index (χ2v) is 10.2. The van der Waals surface area contributed by atoms with Crippen molar-refractivity contribution in [2.24, 2.45) is 4.99 Å². The van der Waals surface area contributed by atoms with E-state index in [4.69, 9.17) is 9.73 Å². The molecule has 214 valence electrons. The van der Waals surface area contributed by atoms with Gasteiger partial charge >= 0.3 is 5.97 Å². The minimum atomic E-state index is -0.476. The number of nitrogens with zero attached hydrogens (tertiary/aromatic N) is 5. The highest BCUT2D eigenvalue weighted by atomic mass is 16.5. The van der Waals surface area contributed by atoms with Crippen LogP contribution >= 0.6 is 0 Å². The molecular formula is C32H32N6O4. The largest absolute Gasteiger partial charge is 0.494 e. The van der Waals surface area contributed by atoms with Crippen molar-refractivity contribution < 1.29 is 19.4 Å². The molecule has 0 aliphatic carbocycles. The number of hydrogen-bond acceptors (Lipinski definition) is 8. The van der Waals surface area contributed by atoms with Crippen molar-refractivity contribution in [1.82, 2.24) is 19.9 Å². The highest BCUT2D eigenvalue weighted by Crippen LogP contribution is 2.33. The van der Waals surface area contributed by atoms with E-state index in [9.17, 15) is 14.7 Å². The summed E-state index contributed by atoms with van der Waals surface area (Å²) in [5.41, 5.74) is 5.43. The summed E-state index contributed by atoms with van der Waals surface area (Å²) in [6.45, 7) is 3.05. The number of hydrogen-bond donors (Lipinski definition) is 2. The summed E-state index contributed by atoms with van der Waals surface area (Å²) >= 11 is 0. The maximum atomic E-state index is 12.4. The molecule has 1 amide bonds. The molecule has 0 aliphatic heterocycles. The number of rotatable bonds is 9. The lowest BCUT2D eigenvalue weighted by atomic mass is 9.99. The summed E-state index contributed by atoms with van der Waals surface area (Å²) in [5, 5.41) is 11.8. The normalized spacial score (nSPS) is 11.8. The van der Waals surface area contributed by atoms with Crippen LogP contribution in [0.2, 0.25) is 0 Å². The van der Waals surface area contributed by atoms with Crippen molar-refractivity contribution in [3.05, 3.63) is 89.7 Å². The van der Waals surface area contributed by atoms with Gasteiger partial charge in [-0.3, -0.25) is 14.8 Å². The molecule has 0 fully saturated rings. The lowest BCUT2D eigenvalue weighted by Crippen LogP contribution is -2.31. The molecule has 42 heavy (non-hydrogen) atoms. The number of methoxy groups -OCH3 is 1. The maximum absolute atomic E-state index is 12.4. The number of aromatic amines is 1. The van der Waals surface area contributed by atoms with Gasteiger partial charge in [0.2, 0.25) is 5.91 Å². The Labute approximate surface area is 243 Å². The van der Waals surface area contributed by atoms with Gasteiger partial charge in [-0.25, -0.2) is 9.79 Å². The summed E-state index contributed by atoms with van der Waals surface area (Å²) in [5.74, 6) is -0.598.